The Bertz CT molecular complexity index is 516. The Labute approximate surface area is 114 Å². The van der Waals surface area contributed by atoms with Crippen molar-refractivity contribution in [2.24, 2.45) is 0 Å². The van der Waals surface area contributed by atoms with Crippen molar-refractivity contribution in [3.8, 4) is 0 Å². The topological polar surface area (TPSA) is 55.6 Å². The number of nitrogens with one attached hydrogen (secondary N) is 1. The predicted molar refractivity (Wildman–Crippen MR) is 71.3 cm³/mol. The molecule has 0 amide bonds. The maximum Gasteiger partial charge on any atom is 0.179 e. The van der Waals surface area contributed by atoms with Gasteiger partial charge in [-0.3, -0.25) is 0 Å². The van der Waals surface area contributed by atoms with Gasteiger partial charge in [-0.1, -0.05) is 28.1 Å². The first-order valence-electron chi connectivity index (χ1n) is 6.04. The fraction of sp³-hybridized carbons (Fsp3) is 0.417. The third-order valence-electron chi connectivity index (χ3n) is 3.13. The van der Waals surface area contributed by atoms with E-state index in [1.807, 2.05) is 12.1 Å². The molecule has 1 aliphatic heterocycles. The van der Waals surface area contributed by atoms with E-state index in [0.29, 0.717) is 12.5 Å². The Balaban J connectivity index is 1.71. The van der Waals surface area contributed by atoms with Gasteiger partial charge in [-0.25, -0.2) is 0 Å². The van der Waals surface area contributed by atoms with Crippen molar-refractivity contribution in [3.63, 3.8) is 0 Å². The highest BCUT2D eigenvalue weighted by molar-refractivity contribution is 9.10. The molecule has 1 N–H and O–H groups in total. The second kappa shape index (κ2) is 5.16. The van der Waals surface area contributed by atoms with Gasteiger partial charge in [-0.05, 0) is 35.9 Å². The zero-order valence-corrected chi connectivity index (χ0v) is 11.5. The van der Waals surface area contributed by atoms with Crippen molar-refractivity contribution in [2.45, 2.75) is 18.9 Å². The second-order valence-corrected chi connectivity index (χ2v) is 5.41. The third kappa shape index (κ3) is 2.59. The number of tetrazole rings is 1. The molecule has 1 fully saturated rings. The Morgan fingerprint density at radius 1 is 1.33 bits per heavy atom. The third-order valence-corrected chi connectivity index (χ3v) is 3.66. The molecule has 1 unspecified atom stereocenters. The zero-order valence-electron chi connectivity index (χ0n) is 9.88. The van der Waals surface area contributed by atoms with E-state index in [1.165, 1.54) is 5.56 Å². The van der Waals surface area contributed by atoms with Gasteiger partial charge in [-0.2, -0.15) is 4.80 Å². The van der Waals surface area contributed by atoms with E-state index >= 15 is 0 Å². The Hall–Kier alpha value is -1.27. The van der Waals surface area contributed by atoms with Crippen LogP contribution in [0.3, 0.4) is 0 Å². The van der Waals surface area contributed by atoms with Gasteiger partial charge in [0.15, 0.2) is 5.82 Å². The molecular weight excluding hydrogens is 294 g/mol. The van der Waals surface area contributed by atoms with Crippen molar-refractivity contribution in [1.29, 1.82) is 0 Å². The monoisotopic (exact) mass is 307 g/mol. The molecule has 1 aromatic heterocycles. The van der Waals surface area contributed by atoms with Crippen LogP contribution >= 0.6 is 15.9 Å². The van der Waals surface area contributed by atoms with Crippen molar-refractivity contribution < 1.29 is 0 Å². The van der Waals surface area contributed by atoms with Crippen LogP contribution in [0.5, 0.6) is 0 Å². The molecule has 0 aliphatic carbocycles. The summed E-state index contributed by atoms with van der Waals surface area (Å²) >= 11 is 3.42. The van der Waals surface area contributed by atoms with Crippen LogP contribution in [0.1, 0.15) is 23.7 Å². The maximum absolute atomic E-state index is 4.45. The summed E-state index contributed by atoms with van der Waals surface area (Å²) in [5, 5.41) is 16.0. The van der Waals surface area contributed by atoms with E-state index < -0.39 is 0 Å². The van der Waals surface area contributed by atoms with Crippen LogP contribution in [0.2, 0.25) is 0 Å². The molecule has 0 spiro atoms. The highest BCUT2D eigenvalue weighted by Crippen LogP contribution is 2.17. The molecule has 1 saturated heterocycles. The van der Waals surface area contributed by atoms with E-state index in [4.69, 9.17) is 0 Å². The van der Waals surface area contributed by atoms with Gasteiger partial charge in [-0.15, -0.1) is 10.2 Å². The van der Waals surface area contributed by atoms with Crippen molar-refractivity contribution >= 4 is 15.9 Å². The minimum Gasteiger partial charge on any atom is -0.316 e. The van der Waals surface area contributed by atoms with Gasteiger partial charge in [0.1, 0.15) is 0 Å². The number of halogens is 1. The molecule has 6 heteroatoms. The molecule has 1 aliphatic rings. The molecule has 18 heavy (non-hydrogen) atoms. The summed E-state index contributed by atoms with van der Waals surface area (Å²) < 4.78 is 1.08. The first-order valence-corrected chi connectivity index (χ1v) is 6.83. The van der Waals surface area contributed by atoms with E-state index in [0.717, 1.165) is 29.8 Å². The number of hydrogen-bond donors (Lipinski definition) is 1. The summed E-state index contributed by atoms with van der Waals surface area (Å²) in [6.07, 6.45) is 1.10. The highest BCUT2D eigenvalue weighted by Gasteiger charge is 2.21. The average molecular weight is 308 g/mol. The standard InChI is InChI=1S/C12H14BrN5/c13-11-3-1-9(2-4-11)8-18-16-12(15-17-18)10-5-6-14-7-10/h1-4,10,14H,5-8H2. The number of hydrogen-bond acceptors (Lipinski definition) is 4. The SMILES string of the molecule is Brc1ccc(Cn2nnc(C3CCNC3)n2)cc1. The molecule has 0 radical (unpaired) electrons. The Morgan fingerprint density at radius 3 is 2.89 bits per heavy atom. The zero-order chi connectivity index (χ0) is 12.4. The van der Waals surface area contributed by atoms with Gasteiger partial charge in [0.2, 0.25) is 0 Å². The van der Waals surface area contributed by atoms with Crippen LogP contribution in [0.4, 0.5) is 0 Å². The normalized spacial score (nSPS) is 19.3. The molecule has 2 heterocycles. The maximum atomic E-state index is 4.45. The summed E-state index contributed by atoms with van der Waals surface area (Å²) in [4.78, 5) is 1.66. The fourth-order valence-electron chi connectivity index (χ4n) is 2.11. The molecular formula is C12H14BrN5. The Morgan fingerprint density at radius 2 is 2.17 bits per heavy atom. The minimum atomic E-state index is 0.420. The molecule has 3 rings (SSSR count). The van der Waals surface area contributed by atoms with Gasteiger partial charge < -0.3 is 5.32 Å². The van der Waals surface area contributed by atoms with Crippen molar-refractivity contribution in [3.05, 3.63) is 40.1 Å². The summed E-state index contributed by atoms with van der Waals surface area (Å²) in [6.45, 7) is 2.68. The number of nitrogens with zero attached hydrogens (tertiary/aromatic N) is 4. The van der Waals surface area contributed by atoms with Crippen molar-refractivity contribution in [1.82, 2.24) is 25.5 Å². The quantitative estimate of drug-likeness (QED) is 0.935. The van der Waals surface area contributed by atoms with Crippen LogP contribution in [0, 0.1) is 0 Å². The largest absolute Gasteiger partial charge is 0.316 e. The highest BCUT2D eigenvalue weighted by atomic mass is 79.9. The lowest BCUT2D eigenvalue weighted by Gasteiger charge is -2.01. The lowest BCUT2D eigenvalue weighted by molar-refractivity contribution is 0.567. The van der Waals surface area contributed by atoms with E-state index in [-0.39, 0.29) is 0 Å². The smallest absolute Gasteiger partial charge is 0.179 e. The molecule has 0 bridgehead atoms. The van der Waals surface area contributed by atoms with Crippen LogP contribution in [-0.4, -0.2) is 33.3 Å². The lowest BCUT2D eigenvalue weighted by Crippen LogP contribution is -2.09. The number of aromatic nitrogens is 4. The van der Waals surface area contributed by atoms with E-state index in [1.54, 1.807) is 4.80 Å². The lowest BCUT2D eigenvalue weighted by atomic mass is 10.1. The molecule has 5 nitrogen and oxygen atoms in total. The summed E-state index contributed by atoms with van der Waals surface area (Å²) in [6, 6.07) is 8.16. The Kier molecular flexibility index (Phi) is 3.38. The van der Waals surface area contributed by atoms with Gasteiger partial charge in [0.05, 0.1) is 6.54 Å². The summed E-state index contributed by atoms with van der Waals surface area (Å²) in [5.74, 6) is 1.28. The minimum absolute atomic E-state index is 0.420. The summed E-state index contributed by atoms with van der Waals surface area (Å²) in [7, 11) is 0. The second-order valence-electron chi connectivity index (χ2n) is 4.49. The van der Waals surface area contributed by atoms with Gasteiger partial charge in [0, 0.05) is 16.9 Å². The molecule has 94 valence electrons. The molecule has 1 atom stereocenters. The van der Waals surface area contributed by atoms with Gasteiger partial charge in [0.25, 0.3) is 0 Å². The van der Waals surface area contributed by atoms with Crippen LogP contribution in [0.15, 0.2) is 28.7 Å². The first-order chi connectivity index (χ1) is 8.81. The summed E-state index contributed by atoms with van der Waals surface area (Å²) in [5.41, 5.74) is 1.17. The van der Waals surface area contributed by atoms with E-state index in [2.05, 4.69) is 48.8 Å². The van der Waals surface area contributed by atoms with E-state index in [9.17, 15) is 0 Å². The molecule has 2 aromatic rings. The van der Waals surface area contributed by atoms with Crippen LogP contribution in [0.25, 0.3) is 0 Å². The average Bonchev–Trinajstić information content (AvgIpc) is 3.02. The molecule has 1 aromatic carbocycles. The number of rotatable bonds is 3. The first kappa shape index (κ1) is 11.8. The van der Waals surface area contributed by atoms with Crippen molar-refractivity contribution in [2.75, 3.05) is 13.1 Å². The number of benzene rings is 1. The fourth-order valence-corrected chi connectivity index (χ4v) is 2.38. The van der Waals surface area contributed by atoms with Crippen LogP contribution in [-0.2, 0) is 6.54 Å². The van der Waals surface area contributed by atoms with Gasteiger partial charge >= 0.3 is 0 Å². The van der Waals surface area contributed by atoms with Crippen LogP contribution < -0.4 is 5.32 Å². The molecule has 0 saturated carbocycles. The predicted octanol–water partition coefficient (Wildman–Crippen LogP) is 1.56.